The van der Waals surface area contributed by atoms with Crippen molar-refractivity contribution in [2.75, 3.05) is 0 Å². The van der Waals surface area contributed by atoms with Gasteiger partial charge < -0.3 is 5.32 Å². The van der Waals surface area contributed by atoms with Gasteiger partial charge in [-0.05, 0) is 72.6 Å². The number of aromatic nitrogens is 1. The van der Waals surface area contributed by atoms with E-state index in [2.05, 4.69) is 81.1 Å². The van der Waals surface area contributed by atoms with Crippen LogP contribution in [0.2, 0.25) is 0 Å². The molecule has 2 aromatic rings. The highest BCUT2D eigenvalue weighted by Gasteiger charge is 2.12. The highest BCUT2D eigenvalue weighted by atomic mass is 79.9. The molecule has 0 spiro atoms. The molecule has 0 atom stereocenters. The molecule has 2 rings (SSSR count). The van der Waals surface area contributed by atoms with Gasteiger partial charge >= 0.3 is 0 Å². The van der Waals surface area contributed by atoms with E-state index in [4.69, 9.17) is 0 Å². The summed E-state index contributed by atoms with van der Waals surface area (Å²) in [6.45, 7) is 7.36. The molecule has 0 aliphatic rings. The van der Waals surface area contributed by atoms with Crippen LogP contribution in [0.25, 0.3) is 0 Å². The maximum Gasteiger partial charge on any atom is 0.101 e. The Balaban J connectivity index is 2.20. The summed E-state index contributed by atoms with van der Waals surface area (Å²) in [5.74, 6) is 0. The average Bonchev–Trinajstić information content (AvgIpc) is 2.40. The molecule has 2 nitrogen and oxygen atoms in total. The van der Waals surface area contributed by atoms with Crippen LogP contribution in [0.15, 0.2) is 55.4 Å². The van der Waals surface area contributed by atoms with Gasteiger partial charge in [0.1, 0.15) is 5.03 Å². The SMILES string of the molecule is CC(C)(C)NCc1cc(Br)ccc1Sc1ccc(Br)cn1. The van der Waals surface area contributed by atoms with E-state index in [1.165, 1.54) is 10.5 Å². The third-order valence-electron chi connectivity index (χ3n) is 2.75. The van der Waals surface area contributed by atoms with Gasteiger partial charge in [-0.3, -0.25) is 0 Å². The Morgan fingerprint density at radius 1 is 1.10 bits per heavy atom. The zero-order valence-corrected chi connectivity index (χ0v) is 16.3. The van der Waals surface area contributed by atoms with Crippen LogP contribution in [-0.4, -0.2) is 10.5 Å². The standard InChI is InChI=1S/C16H18Br2N2S/c1-16(2,3)20-9-11-8-12(17)4-6-14(11)21-15-7-5-13(18)10-19-15/h4-8,10,20H,9H2,1-3H3. The fourth-order valence-corrected chi connectivity index (χ4v) is 3.19. The Bertz CT molecular complexity index is 607. The van der Waals surface area contributed by atoms with Gasteiger partial charge in [-0.1, -0.05) is 27.7 Å². The summed E-state index contributed by atoms with van der Waals surface area (Å²) in [6.07, 6.45) is 1.83. The molecule has 5 heteroatoms. The van der Waals surface area contributed by atoms with E-state index in [1.54, 1.807) is 11.8 Å². The predicted molar refractivity (Wildman–Crippen MR) is 96.8 cm³/mol. The number of rotatable bonds is 4. The molecule has 1 heterocycles. The van der Waals surface area contributed by atoms with Crippen LogP contribution in [0.3, 0.4) is 0 Å². The van der Waals surface area contributed by atoms with E-state index in [0.717, 1.165) is 20.5 Å². The highest BCUT2D eigenvalue weighted by Crippen LogP contribution is 2.31. The number of nitrogens with one attached hydrogen (secondary N) is 1. The van der Waals surface area contributed by atoms with Crippen molar-refractivity contribution in [2.45, 2.75) is 42.8 Å². The van der Waals surface area contributed by atoms with Crippen LogP contribution in [0, 0.1) is 0 Å². The van der Waals surface area contributed by atoms with Crippen LogP contribution in [0.4, 0.5) is 0 Å². The van der Waals surface area contributed by atoms with Crippen molar-refractivity contribution in [3.8, 4) is 0 Å². The summed E-state index contributed by atoms with van der Waals surface area (Å²) in [6, 6.07) is 10.4. The van der Waals surface area contributed by atoms with Gasteiger partial charge in [-0.25, -0.2) is 4.98 Å². The number of hydrogen-bond acceptors (Lipinski definition) is 3. The van der Waals surface area contributed by atoms with E-state index in [0.29, 0.717) is 0 Å². The molecule has 1 N–H and O–H groups in total. The normalized spacial score (nSPS) is 11.7. The zero-order valence-electron chi connectivity index (χ0n) is 12.3. The summed E-state index contributed by atoms with van der Waals surface area (Å²) < 4.78 is 2.10. The summed E-state index contributed by atoms with van der Waals surface area (Å²) in [4.78, 5) is 5.66. The fourth-order valence-electron chi connectivity index (χ4n) is 1.68. The second kappa shape index (κ2) is 7.27. The lowest BCUT2D eigenvalue weighted by Gasteiger charge is -2.21. The second-order valence-electron chi connectivity index (χ2n) is 5.77. The molecule has 0 amide bonds. The Kier molecular flexibility index (Phi) is 5.88. The van der Waals surface area contributed by atoms with Gasteiger partial charge in [0.25, 0.3) is 0 Å². The third-order valence-corrected chi connectivity index (χ3v) is 4.78. The largest absolute Gasteiger partial charge is 0.308 e. The first-order chi connectivity index (χ1) is 9.83. The molecule has 0 radical (unpaired) electrons. The number of halogens is 2. The van der Waals surface area contributed by atoms with Crippen LogP contribution in [0.1, 0.15) is 26.3 Å². The maximum absolute atomic E-state index is 4.43. The molecule has 0 fully saturated rings. The summed E-state index contributed by atoms with van der Waals surface area (Å²) in [5.41, 5.74) is 1.37. The Morgan fingerprint density at radius 2 is 1.81 bits per heavy atom. The predicted octanol–water partition coefficient (Wildman–Crippen LogP) is 5.65. The van der Waals surface area contributed by atoms with Crippen LogP contribution in [-0.2, 0) is 6.54 Å². The van der Waals surface area contributed by atoms with Crippen molar-refractivity contribution in [3.63, 3.8) is 0 Å². The van der Waals surface area contributed by atoms with Crippen molar-refractivity contribution >= 4 is 43.6 Å². The monoisotopic (exact) mass is 428 g/mol. The minimum Gasteiger partial charge on any atom is -0.308 e. The van der Waals surface area contributed by atoms with Crippen molar-refractivity contribution in [3.05, 3.63) is 51.0 Å². The van der Waals surface area contributed by atoms with Crippen LogP contribution >= 0.6 is 43.6 Å². The molecule has 1 aromatic carbocycles. The van der Waals surface area contributed by atoms with E-state index >= 15 is 0 Å². The van der Waals surface area contributed by atoms with Gasteiger partial charge in [-0.2, -0.15) is 0 Å². The highest BCUT2D eigenvalue weighted by molar-refractivity contribution is 9.10. The first-order valence-electron chi connectivity index (χ1n) is 6.66. The van der Waals surface area contributed by atoms with E-state index in [9.17, 15) is 0 Å². The molecule has 0 unspecified atom stereocenters. The molecule has 0 aliphatic heterocycles. The zero-order chi connectivity index (χ0) is 15.5. The van der Waals surface area contributed by atoms with Crippen molar-refractivity contribution in [2.24, 2.45) is 0 Å². The Hall–Kier alpha value is -0.360. The Labute approximate surface area is 147 Å². The van der Waals surface area contributed by atoms with Crippen molar-refractivity contribution in [1.82, 2.24) is 10.3 Å². The van der Waals surface area contributed by atoms with Crippen molar-refractivity contribution in [1.29, 1.82) is 0 Å². The first kappa shape index (κ1) is 17.0. The fraction of sp³-hybridized carbons (Fsp3) is 0.312. The lowest BCUT2D eigenvalue weighted by molar-refractivity contribution is 0.422. The van der Waals surface area contributed by atoms with E-state index < -0.39 is 0 Å². The molecular weight excluding hydrogens is 412 g/mol. The molecule has 0 aliphatic carbocycles. The van der Waals surface area contributed by atoms with E-state index in [1.807, 2.05) is 18.3 Å². The van der Waals surface area contributed by atoms with Crippen molar-refractivity contribution < 1.29 is 0 Å². The maximum atomic E-state index is 4.43. The minimum absolute atomic E-state index is 0.0973. The number of pyridine rings is 1. The van der Waals surface area contributed by atoms with Gasteiger partial charge in [0.2, 0.25) is 0 Å². The third kappa shape index (κ3) is 5.74. The second-order valence-corrected chi connectivity index (χ2v) is 8.67. The minimum atomic E-state index is 0.0973. The smallest absolute Gasteiger partial charge is 0.101 e. The van der Waals surface area contributed by atoms with Gasteiger partial charge in [-0.15, -0.1) is 0 Å². The summed E-state index contributed by atoms with van der Waals surface area (Å²) in [5, 5.41) is 4.54. The van der Waals surface area contributed by atoms with Gasteiger partial charge in [0.05, 0.1) is 0 Å². The van der Waals surface area contributed by atoms with Gasteiger partial charge in [0, 0.05) is 32.1 Å². The molecule has 112 valence electrons. The molecule has 0 saturated heterocycles. The first-order valence-corrected chi connectivity index (χ1v) is 9.07. The number of hydrogen-bond donors (Lipinski definition) is 1. The summed E-state index contributed by atoms with van der Waals surface area (Å²) in [7, 11) is 0. The summed E-state index contributed by atoms with van der Waals surface area (Å²) >= 11 is 8.66. The quantitative estimate of drug-likeness (QED) is 0.679. The molecule has 1 aromatic heterocycles. The number of benzene rings is 1. The number of nitrogens with zero attached hydrogens (tertiary/aromatic N) is 1. The molecule has 0 bridgehead atoms. The molecule has 21 heavy (non-hydrogen) atoms. The van der Waals surface area contributed by atoms with Crippen LogP contribution < -0.4 is 5.32 Å². The lowest BCUT2D eigenvalue weighted by Crippen LogP contribution is -2.35. The molecule has 0 saturated carbocycles. The Morgan fingerprint density at radius 3 is 2.43 bits per heavy atom. The topological polar surface area (TPSA) is 24.9 Å². The van der Waals surface area contributed by atoms with E-state index in [-0.39, 0.29) is 5.54 Å². The van der Waals surface area contributed by atoms with Crippen LogP contribution in [0.5, 0.6) is 0 Å². The lowest BCUT2D eigenvalue weighted by atomic mass is 10.1. The molecular formula is C16H18Br2N2S. The van der Waals surface area contributed by atoms with Gasteiger partial charge in [0.15, 0.2) is 0 Å². The average molecular weight is 430 g/mol.